The van der Waals surface area contributed by atoms with E-state index in [1.54, 1.807) is 12.1 Å². The highest BCUT2D eigenvalue weighted by Gasteiger charge is 2.34. The van der Waals surface area contributed by atoms with Crippen LogP contribution in [0.5, 0.6) is 0 Å². The lowest BCUT2D eigenvalue weighted by Gasteiger charge is -2.27. The monoisotopic (exact) mass is 558 g/mol. The van der Waals surface area contributed by atoms with Gasteiger partial charge < -0.3 is 20.6 Å². The van der Waals surface area contributed by atoms with Crippen LogP contribution < -0.4 is 16.2 Å². The Bertz CT molecular complexity index is 1460. The van der Waals surface area contributed by atoms with Gasteiger partial charge in [0.05, 0.1) is 12.6 Å². The molecule has 0 aliphatic heterocycles. The third-order valence-electron chi connectivity index (χ3n) is 5.45. The minimum absolute atomic E-state index is 0.117. The number of benzene rings is 2. The van der Waals surface area contributed by atoms with Gasteiger partial charge in [-0.3, -0.25) is 33.9 Å². The molecule has 204 valence electrons. The van der Waals surface area contributed by atoms with Crippen LogP contribution in [0.1, 0.15) is 29.9 Å². The van der Waals surface area contributed by atoms with Crippen molar-refractivity contribution in [3.63, 3.8) is 0 Å². The Morgan fingerprint density at radius 3 is 2.21 bits per heavy atom. The SMILES string of the molecule is CC(O)C(=O)C(N[C@@H](CC(=O)O)C(=O)O)n1c(-c2ccc(F)cc2)ncc(NC(=O)c2ccc(S)cc2)c1=O. The second kappa shape index (κ2) is 12.4. The van der Waals surface area contributed by atoms with Crippen LogP contribution in [0.15, 0.2) is 64.4 Å². The fourth-order valence-electron chi connectivity index (χ4n) is 3.51. The lowest BCUT2D eigenvalue weighted by molar-refractivity contribution is -0.147. The van der Waals surface area contributed by atoms with Gasteiger partial charge in [0, 0.05) is 16.0 Å². The normalized spacial score (nSPS) is 13.2. The highest BCUT2D eigenvalue weighted by atomic mass is 32.1. The summed E-state index contributed by atoms with van der Waals surface area (Å²) in [6, 6.07) is 8.68. The number of carbonyl (C=O) groups excluding carboxylic acids is 2. The molecule has 2 aromatic carbocycles. The van der Waals surface area contributed by atoms with Crippen LogP contribution in [0.3, 0.4) is 0 Å². The van der Waals surface area contributed by atoms with Gasteiger partial charge in [-0.25, -0.2) is 9.37 Å². The number of ketones is 1. The molecule has 12 nitrogen and oxygen atoms in total. The van der Waals surface area contributed by atoms with Crippen molar-refractivity contribution in [3.8, 4) is 11.4 Å². The molecule has 0 bridgehead atoms. The van der Waals surface area contributed by atoms with E-state index in [1.807, 2.05) is 0 Å². The van der Waals surface area contributed by atoms with E-state index in [0.29, 0.717) is 9.46 Å². The molecule has 0 aliphatic carbocycles. The van der Waals surface area contributed by atoms with Crippen LogP contribution in [0.4, 0.5) is 10.1 Å². The molecule has 1 amide bonds. The zero-order chi connectivity index (χ0) is 28.9. The molecule has 14 heteroatoms. The Kier molecular flexibility index (Phi) is 9.29. The summed E-state index contributed by atoms with van der Waals surface area (Å²) in [6.07, 6.45) is -3.68. The van der Waals surface area contributed by atoms with Gasteiger partial charge in [-0.1, -0.05) is 0 Å². The molecular weight excluding hydrogens is 535 g/mol. The summed E-state index contributed by atoms with van der Waals surface area (Å²) in [6.45, 7) is 1.07. The number of carboxylic acid groups (broad SMARTS) is 2. The van der Waals surface area contributed by atoms with Gasteiger partial charge in [-0.15, -0.1) is 12.6 Å². The summed E-state index contributed by atoms with van der Waals surface area (Å²) in [4.78, 5) is 67.2. The molecule has 0 aliphatic rings. The van der Waals surface area contributed by atoms with Gasteiger partial charge in [0.2, 0.25) is 0 Å². The number of thiol groups is 1. The molecule has 0 fully saturated rings. The summed E-state index contributed by atoms with van der Waals surface area (Å²) >= 11 is 4.15. The molecule has 0 spiro atoms. The quantitative estimate of drug-likeness (QED) is 0.189. The standard InChI is InChI=1S/C25H23FN4O8S/c1-12(31)20(34)22(28-17(25(37)38)10-19(32)33)30-21(13-2-6-15(26)7-3-13)27-11-18(24(30)36)29-23(35)14-4-8-16(39)9-5-14/h2-9,11-12,17,22,28,31,39H,10H2,1H3,(H,29,35)(H,32,33)(H,37,38)/t12?,17-,22?/m0/s1. The molecule has 0 saturated heterocycles. The number of nitrogens with one attached hydrogen (secondary N) is 2. The molecule has 0 radical (unpaired) electrons. The lowest BCUT2D eigenvalue weighted by Crippen LogP contribution is -2.50. The molecule has 3 atom stereocenters. The summed E-state index contributed by atoms with van der Waals surface area (Å²) in [5.74, 6) is -5.87. The first-order valence-corrected chi connectivity index (χ1v) is 11.7. The van der Waals surface area contributed by atoms with E-state index in [-0.39, 0.29) is 17.0 Å². The number of amides is 1. The van der Waals surface area contributed by atoms with Crippen molar-refractivity contribution >= 4 is 41.9 Å². The second-order valence-electron chi connectivity index (χ2n) is 8.31. The van der Waals surface area contributed by atoms with E-state index in [2.05, 4.69) is 28.2 Å². The Morgan fingerprint density at radius 2 is 1.67 bits per heavy atom. The maximum atomic E-state index is 13.7. The molecule has 3 rings (SSSR count). The predicted molar refractivity (Wildman–Crippen MR) is 138 cm³/mol. The van der Waals surface area contributed by atoms with Gasteiger partial charge in [0.1, 0.15) is 29.5 Å². The molecular formula is C25H23FN4O8S. The largest absolute Gasteiger partial charge is 0.481 e. The number of anilines is 1. The number of aliphatic hydroxyl groups is 1. The maximum absolute atomic E-state index is 13.7. The Morgan fingerprint density at radius 1 is 1.05 bits per heavy atom. The van der Waals surface area contributed by atoms with Gasteiger partial charge in [0.15, 0.2) is 11.9 Å². The minimum Gasteiger partial charge on any atom is -0.481 e. The van der Waals surface area contributed by atoms with Gasteiger partial charge in [-0.2, -0.15) is 0 Å². The maximum Gasteiger partial charge on any atom is 0.321 e. The first kappa shape index (κ1) is 29.2. The molecule has 2 unspecified atom stereocenters. The third-order valence-corrected chi connectivity index (χ3v) is 5.75. The highest BCUT2D eigenvalue weighted by Crippen LogP contribution is 2.22. The second-order valence-corrected chi connectivity index (χ2v) is 8.83. The van der Waals surface area contributed by atoms with Gasteiger partial charge >= 0.3 is 11.9 Å². The average Bonchev–Trinajstić information content (AvgIpc) is 2.88. The molecule has 39 heavy (non-hydrogen) atoms. The van der Waals surface area contributed by atoms with E-state index in [1.165, 1.54) is 24.3 Å². The van der Waals surface area contributed by atoms with E-state index in [0.717, 1.165) is 25.3 Å². The number of nitrogens with zero attached hydrogens (tertiary/aromatic N) is 2. The van der Waals surface area contributed by atoms with Crippen LogP contribution in [0.25, 0.3) is 11.4 Å². The fraction of sp³-hybridized carbons (Fsp3) is 0.200. The van der Waals surface area contributed by atoms with Crippen LogP contribution in [-0.4, -0.2) is 60.6 Å². The zero-order valence-corrected chi connectivity index (χ0v) is 21.1. The predicted octanol–water partition coefficient (Wildman–Crippen LogP) is 1.56. The molecule has 5 N–H and O–H groups in total. The number of aromatic nitrogens is 2. The fourth-order valence-corrected chi connectivity index (χ4v) is 3.66. The van der Waals surface area contributed by atoms with E-state index in [9.17, 15) is 38.6 Å². The number of halogens is 1. The van der Waals surface area contributed by atoms with Crippen molar-refractivity contribution < 1.29 is 38.9 Å². The average molecular weight is 559 g/mol. The summed E-state index contributed by atoms with van der Waals surface area (Å²) in [7, 11) is 0. The lowest BCUT2D eigenvalue weighted by atomic mass is 10.1. The van der Waals surface area contributed by atoms with Crippen molar-refractivity contribution in [1.29, 1.82) is 0 Å². The third kappa shape index (κ3) is 7.13. The summed E-state index contributed by atoms with van der Waals surface area (Å²) in [5.41, 5.74) is -1.19. The smallest absolute Gasteiger partial charge is 0.321 e. The Balaban J connectivity index is 2.21. The number of hydrogen-bond acceptors (Lipinski definition) is 9. The zero-order valence-electron chi connectivity index (χ0n) is 20.2. The van der Waals surface area contributed by atoms with E-state index >= 15 is 0 Å². The Labute approximate surface area is 225 Å². The van der Waals surface area contributed by atoms with Gasteiger partial charge in [-0.05, 0) is 55.5 Å². The Hall–Kier alpha value is -4.40. The topological polar surface area (TPSA) is 188 Å². The molecule has 0 saturated carbocycles. The van der Waals surface area contributed by atoms with E-state index in [4.69, 9.17) is 5.11 Å². The van der Waals surface area contributed by atoms with Crippen LogP contribution in [-0.2, 0) is 14.4 Å². The van der Waals surface area contributed by atoms with E-state index < -0.39 is 65.4 Å². The van der Waals surface area contributed by atoms with Crippen LogP contribution in [0, 0.1) is 5.82 Å². The number of aliphatic hydroxyl groups excluding tert-OH is 1. The summed E-state index contributed by atoms with van der Waals surface area (Å²) in [5, 5.41) is 33.4. The number of carboxylic acids is 2. The van der Waals surface area contributed by atoms with Crippen LogP contribution >= 0.6 is 12.6 Å². The first-order valence-electron chi connectivity index (χ1n) is 11.3. The van der Waals surface area contributed by atoms with Crippen LogP contribution in [0.2, 0.25) is 0 Å². The van der Waals surface area contributed by atoms with Crippen molar-refractivity contribution in [2.75, 3.05) is 5.32 Å². The molecule has 1 aromatic heterocycles. The minimum atomic E-state index is -1.95. The number of aliphatic carboxylic acids is 2. The molecule has 3 aromatic rings. The van der Waals surface area contributed by atoms with Gasteiger partial charge in [0.25, 0.3) is 11.5 Å². The van der Waals surface area contributed by atoms with Crippen molar-refractivity contribution in [3.05, 3.63) is 76.5 Å². The first-order chi connectivity index (χ1) is 18.4. The molecule has 1 heterocycles. The number of Topliss-reactive ketones (excluding diaryl/α,β-unsaturated/α-hetero) is 1. The van der Waals surface area contributed by atoms with Crippen molar-refractivity contribution in [2.24, 2.45) is 0 Å². The van der Waals surface area contributed by atoms with Crippen molar-refractivity contribution in [1.82, 2.24) is 14.9 Å². The summed E-state index contributed by atoms with van der Waals surface area (Å²) < 4.78 is 14.3. The number of rotatable bonds is 11. The highest BCUT2D eigenvalue weighted by molar-refractivity contribution is 7.80. The van der Waals surface area contributed by atoms with Crippen molar-refractivity contribution in [2.45, 2.75) is 36.6 Å². The number of hydrogen-bond donors (Lipinski definition) is 6. The number of carbonyl (C=O) groups is 4.